The summed E-state index contributed by atoms with van der Waals surface area (Å²) in [5, 5.41) is 6.71. The number of methoxy groups -OCH3 is 1. The Morgan fingerprint density at radius 2 is 2.07 bits per heavy atom. The highest BCUT2D eigenvalue weighted by Gasteiger charge is 2.26. The van der Waals surface area contributed by atoms with Crippen molar-refractivity contribution in [2.24, 2.45) is 22.1 Å². The topological polar surface area (TPSA) is 105 Å². The van der Waals surface area contributed by atoms with Crippen molar-refractivity contribution in [2.75, 3.05) is 38.7 Å². The normalized spacial score (nSPS) is 17.1. The fourth-order valence-corrected chi connectivity index (χ4v) is 3.56. The lowest BCUT2D eigenvalue weighted by Gasteiger charge is -2.32. The number of ether oxygens (including phenoxy) is 1. The standard InChI is InChI=1S/C21H36N6O2/c1-21(2,3)17(29-5)14-26-20(23-4)25-13-16-7-6-10-24-19(16)27-11-8-15(9-12-27)18(22)28/h6-7,10,15,17H,8-9,11-14H2,1-5H3,(H2,22,28)(H2,23,25,26). The quantitative estimate of drug-likeness (QED) is 0.470. The molecule has 0 spiro atoms. The van der Waals surface area contributed by atoms with Gasteiger partial charge < -0.3 is 26.0 Å². The predicted molar refractivity (Wildman–Crippen MR) is 117 cm³/mol. The second-order valence-electron chi connectivity index (χ2n) is 8.55. The summed E-state index contributed by atoms with van der Waals surface area (Å²) in [5.74, 6) is 1.43. The molecule has 0 radical (unpaired) electrons. The summed E-state index contributed by atoms with van der Waals surface area (Å²) in [4.78, 5) is 22.5. The third-order valence-corrected chi connectivity index (χ3v) is 5.44. The molecule has 2 rings (SSSR count). The summed E-state index contributed by atoms with van der Waals surface area (Å²) >= 11 is 0. The second-order valence-corrected chi connectivity index (χ2v) is 8.55. The van der Waals surface area contributed by atoms with Crippen molar-refractivity contribution in [3.05, 3.63) is 23.9 Å². The van der Waals surface area contributed by atoms with Crippen LogP contribution in [0.2, 0.25) is 0 Å². The van der Waals surface area contributed by atoms with Gasteiger partial charge >= 0.3 is 0 Å². The SMILES string of the molecule is CN=C(NCc1cccnc1N1CCC(C(N)=O)CC1)NCC(OC)C(C)(C)C. The molecule has 29 heavy (non-hydrogen) atoms. The number of piperidine rings is 1. The summed E-state index contributed by atoms with van der Waals surface area (Å²) in [6, 6.07) is 4.00. The van der Waals surface area contributed by atoms with Crippen LogP contribution < -0.4 is 21.3 Å². The van der Waals surface area contributed by atoms with Gasteiger partial charge in [0.25, 0.3) is 0 Å². The Morgan fingerprint density at radius 1 is 1.38 bits per heavy atom. The van der Waals surface area contributed by atoms with E-state index in [1.54, 1.807) is 20.4 Å². The predicted octanol–water partition coefficient (Wildman–Crippen LogP) is 1.51. The summed E-state index contributed by atoms with van der Waals surface area (Å²) in [5.41, 5.74) is 6.58. The second kappa shape index (κ2) is 10.4. The van der Waals surface area contributed by atoms with Gasteiger partial charge in [-0.25, -0.2) is 4.98 Å². The highest BCUT2D eigenvalue weighted by atomic mass is 16.5. The maximum Gasteiger partial charge on any atom is 0.220 e. The lowest BCUT2D eigenvalue weighted by atomic mass is 9.89. The third-order valence-electron chi connectivity index (χ3n) is 5.44. The number of hydrogen-bond acceptors (Lipinski definition) is 5. The molecule has 1 amide bonds. The molecule has 1 aliphatic heterocycles. The van der Waals surface area contributed by atoms with E-state index in [0.717, 1.165) is 43.3 Å². The molecule has 1 aromatic rings. The molecule has 0 aromatic carbocycles. The number of aliphatic imine (C=N–C) groups is 1. The van der Waals surface area contributed by atoms with Gasteiger partial charge in [-0.15, -0.1) is 0 Å². The van der Waals surface area contributed by atoms with Crippen molar-refractivity contribution in [3.63, 3.8) is 0 Å². The van der Waals surface area contributed by atoms with Crippen molar-refractivity contribution in [1.82, 2.24) is 15.6 Å². The largest absolute Gasteiger partial charge is 0.379 e. The van der Waals surface area contributed by atoms with Gasteiger partial charge in [0, 0.05) is 58.0 Å². The molecule has 1 fully saturated rings. The van der Waals surface area contributed by atoms with Crippen LogP contribution in [0.4, 0.5) is 5.82 Å². The van der Waals surface area contributed by atoms with E-state index in [-0.39, 0.29) is 23.3 Å². The Labute approximate surface area is 174 Å². The number of amides is 1. The molecule has 8 nitrogen and oxygen atoms in total. The molecule has 1 aromatic heterocycles. The van der Waals surface area contributed by atoms with Crippen molar-refractivity contribution in [1.29, 1.82) is 0 Å². The van der Waals surface area contributed by atoms with Gasteiger partial charge in [-0.1, -0.05) is 26.8 Å². The average molecular weight is 405 g/mol. The van der Waals surface area contributed by atoms with Crippen molar-refractivity contribution < 1.29 is 9.53 Å². The Morgan fingerprint density at radius 3 is 2.62 bits per heavy atom. The fourth-order valence-electron chi connectivity index (χ4n) is 3.56. The number of anilines is 1. The highest BCUT2D eigenvalue weighted by molar-refractivity contribution is 5.80. The van der Waals surface area contributed by atoms with E-state index in [9.17, 15) is 4.79 Å². The van der Waals surface area contributed by atoms with Gasteiger partial charge in [0.05, 0.1) is 6.10 Å². The number of primary amides is 1. The Hall–Kier alpha value is -2.35. The van der Waals surface area contributed by atoms with E-state index >= 15 is 0 Å². The van der Waals surface area contributed by atoms with Crippen LogP contribution in [0.1, 0.15) is 39.2 Å². The molecular weight excluding hydrogens is 368 g/mol. The van der Waals surface area contributed by atoms with Crippen molar-refractivity contribution in [2.45, 2.75) is 46.3 Å². The van der Waals surface area contributed by atoms with E-state index in [0.29, 0.717) is 13.1 Å². The monoisotopic (exact) mass is 404 g/mol. The third kappa shape index (κ3) is 6.59. The van der Waals surface area contributed by atoms with Gasteiger partial charge in [0.1, 0.15) is 5.82 Å². The molecule has 4 N–H and O–H groups in total. The number of carbonyl (C=O) groups excluding carboxylic acids is 1. The molecule has 1 aliphatic rings. The van der Waals surface area contributed by atoms with E-state index in [2.05, 4.69) is 52.3 Å². The van der Waals surface area contributed by atoms with Crippen LogP contribution in [0, 0.1) is 11.3 Å². The van der Waals surface area contributed by atoms with Gasteiger partial charge in [-0.3, -0.25) is 9.79 Å². The molecule has 0 aliphatic carbocycles. The van der Waals surface area contributed by atoms with E-state index in [4.69, 9.17) is 10.5 Å². The Balaban J connectivity index is 1.96. The summed E-state index contributed by atoms with van der Waals surface area (Å²) < 4.78 is 5.60. The fraction of sp³-hybridized carbons (Fsp3) is 0.667. The average Bonchev–Trinajstić information content (AvgIpc) is 2.70. The summed E-state index contributed by atoms with van der Waals surface area (Å²) in [7, 11) is 3.49. The minimum atomic E-state index is -0.202. The van der Waals surface area contributed by atoms with Crippen molar-refractivity contribution >= 4 is 17.7 Å². The number of aromatic nitrogens is 1. The number of guanidine groups is 1. The molecule has 162 valence electrons. The van der Waals surface area contributed by atoms with Crippen LogP contribution in [0.5, 0.6) is 0 Å². The first-order valence-electron chi connectivity index (χ1n) is 10.2. The number of carbonyl (C=O) groups is 1. The van der Waals surface area contributed by atoms with E-state index in [1.165, 1.54) is 0 Å². The smallest absolute Gasteiger partial charge is 0.220 e. The molecule has 0 saturated carbocycles. The van der Waals surface area contributed by atoms with Gasteiger partial charge in [-0.05, 0) is 24.3 Å². The molecule has 1 saturated heterocycles. The first kappa shape index (κ1) is 22.9. The maximum absolute atomic E-state index is 11.4. The summed E-state index contributed by atoms with van der Waals surface area (Å²) in [6.07, 6.45) is 3.42. The molecule has 0 bridgehead atoms. The number of pyridine rings is 1. The summed E-state index contributed by atoms with van der Waals surface area (Å²) in [6.45, 7) is 9.30. The number of nitrogens with one attached hydrogen (secondary N) is 2. The molecule has 2 heterocycles. The molecule has 1 unspecified atom stereocenters. The van der Waals surface area contributed by atoms with Crippen LogP contribution in [0.3, 0.4) is 0 Å². The zero-order chi connectivity index (χ0) is 21.4. The minimum absolute atomic E-state index is 0.0314. The first-order chi connectivity index (χ1) is 13.8. The van der Waals surface area contributed by atoms with E-state index < -0.39 is 0 Å². The van der Waals surface area contributed by atoms with Gasteiger partial charge in [-0.2, -0.15) is 0 Å². The number of rotatable bonds is 7. The Bertz CT molecular complexity index is 693. The van der Waals surface area contributed by atoms with Gasteiger partial charge in [0.15, 0.2) is 5.96 Å². The van der Waals surface area contributed by atoms with Crippen LogP contribution >= 0.6 is 0 Å². The number of nitrogens with zero attached hydrogens (tertiary/aromatic N) is 3. The minimum Gasteiger partial charge on any atom is -0.379 e. The van der Waals surface area contributed by atoms with Crippen LogP contribution in [-0.2, 0) is 16.1 Å². The zero-order valence-electron chi connectivity index (χ0n) is 18.4. The number of nitrogens with two attached hydrogens (primary N) is 1. The lowest BCUT2D eigenvalue weighted by Crippen LogP contribution is -2.45. The van der Waals surface area contributed by atoms with E-state index in [1.807, 2.05) is 6.07 Å². The van der Waals surface area contributed by atoms with Crippen LogP contribution in [-0.4, -0.2) is 56.7 Å². The molecule has 8 heteroatoms. The number of hydrogen-bond donors (Lipinski definition) is 3. The molecular formula is C21H36N6O2. The lowest BCUT2D eigenvalue weighted by molar-refractivity contribution is -0.122. The highest BCUT2D eigenvalue weighted by Crippen LogP contribution is 2.24. The van der Waals surface area contributed by atoms with Gasteiger partial charge in [0.2, 0.25) is 5.91 Å². The maximum atomic E-state index is 11.4. The first-order valence-corrected chi connectivity index (χ1v) is 10.2. The van der Waals surface area contributed by atoms with Crippen LogP contribution in [0.25, 0.3) is 0 Å². The molecule has 1 atom stereocenters. The Kier molecular flexibility index (Phi) is 8.25. The zero-order valence-corrected chi connectivity index (χ0v) is 18.4. The van der Waals surface area contributed by atoms with Crippen LogP contribution in [0.15, 0.2) is 23.3 Å². The van der Waals surface area contributed by atoms with Crippen molar-refractivity contribution in [3.8, 4) is 0 Å².